The normalized spacial score (nSPS) is 9.62. The topological polar surface area (TPSA) is 79.7 Å². The van der Waals surface area contributed by atoms with Gasteiger partial charge in [-0.1, -0.05) is 27.7 Å². The Kier molecular flexibility index (Phi) is 6.25. The zero-order chi connectivity index (χ0) is 12.7. The average molecular weight is 228 g/mol. The van der Waals surface area contributed by atoms with Crippen molar-refractivity contribution in [3.8, 4) is 5.75 Å². The highest BCUT2D eigenvalue weighted by Crippen LogP contribution is 2.10. The third-order valence-corrected chi connectivity index (χ3v) is 1.70. The number of hydrogen-bond acceptors (Lipinski definition) is 5. The molecule has 0 aromatic carbocycles. The van der Waals surface area contributed by atoms with E-state index in [1.54, 1.807) is 0 Å². The Balaban J connectivity index is 0.00000106. The van der Waals surface area contributed by atoms with Crippen molar-refractivity contribution >= 4 is 5.69 Å². The zero-order valence-corrected chi connectivity index (χ0v) is 10.2. The first-order valence-electron chi connectivity index (χ1n) is 5.34. The Hall–Kier alpha value is -1.49. The monoisotopic (exact) mass is 228 g/mol. The van der Waals surface area contributed by atoms with E-state index >= 15 is 0 Å². The molecule has 5 nitrogen and oxygen atoms in total. The average Bonchev–Trinajstić information content (AvgIpc) is 2.24. The molecule has 0 aliphatic rings. The molecule has 1 aromatic rings. The van der Waals surface area contributed by atoms with E-state index in [4.69, 9.17) is 15.4 Å². The second-order valence-corrected chi connectivity index (χ2v) is 3.52. The van der Waals surface area contributed by atoms with Gasteiger partial charge < -0.3 is 14.5 Å². The van der Waals surface area contributed by atoms with E-state index < -0.39 is 11.2 Å². The van der Waals surface area contributed by atoms with Gasteiger partial charge in [-0.2, -0.15) is 0 Å². The molecule has 0 unspecified atom stereocenters. The summed E-state index contributed by atoms with van der Waals surface area (Å²) in [6, 6.07) is 0. The quantitative estimate of drug-likeness (QED) is 0.608. The Morgan fingerprint density at radius 3 is 2.50 bits per heavy atom. The first-order chi connectivity index (χ1) is 7.52. The summed E-state index contributed by atoms with van der Waals surface area (Å²) in [6.07, 6.45) is 2.21. The summed E-state index contributed by atoms with van der Waals surface area (Å²) in [5.74, 6) is 5.52. The largest absolute Gasteiger partial charge is 0.502 e. The molecule has 16 heavy (non-hydrogen) atoms. The number of hydrogen-bond donors (Lipinski definition) is 2. The molecule has 0 amide bonds. The van der Waals surface area contributed by atoms with Gasteiger partial charge in [0.05, 0.1) is 0 Å². The maximum atomic E-state index is 11.4. The Morgan fingerprint density at radius 1 is 1.44 bits per heavy atom. The maximum absolute atomic E-state index is 11.4. The molecule has 5 heteroatoms. The van der Waals surface area contributed by atoms with Crippen molar-refractivity contribution in [1.29, 1.82) is 0 Å². The summed E-state index contributed by atoms with van der Waals surface area (Å²) in [7, 11) is 0. The van der Waals surface area contributed by atoms with E-state index in [9.17, 15) is 4.79 Å². The van der Waals surface area contributed by atoms with Gasteiger partial charge in [-0.25, -0.2) is 5.84 Å². The van der Waals surface area contributed by atoms with Crippen LogP contribution in [-0.4, -0.2) is 11.7 Å². The first-order valence-corrected chi connectivity index (χ1v) is 5.34. The number of anilines is 1. The van der Waals surface area contributed by atoms with Crippen LogP contribution in [0.15, 0.2) is 21.7 Å². The first kappa shape index (κ1) is 14.5. The lowest BCUT2D eigenvalue weighted by Crippen LogP contribution is -2.37. The maximum Gasteiger partial charge on any atom is 0.251 e. The molecule has 0 saturated heterocycles. The highest BCUT2D eigenvalue weighted by atomic mass is 16.3. The fraction of sp³-hybridized carbons (Fsp3) is 0.545. The van der Waals surface area contributed by atoms with Crippen molar-refractivity contribution in [2.45, 2.75) is 27.7 Å². The number of nitrogens with zero attached hydrogens (tertiary/aromatic N) is 1. The smallest absolute Gasteiger partial charge is 0.251 e. The lowest BCUT2D eigenvalue weighted by atomic mass is 10.2. The van der Waals surface area contributed by atoms with Gasteiger partial charge in [0, 0.05) is 6.54 Å². The molecule has 0 saturated carbocycles. The van der Waals surface area contributed by atoms with Crippen LogP contribution in [-0.2, 0) is 0 Å². The third-order valence-electron chi connectivity index (χ3n) is 1.70. The molecule has 3 N–H and O–H groups in total. The van der Waals surface area contributed by atoms with Crippen LogP contribution in [0.2, 0.25) is 0 Å². The van der Waals surface area contributed by atoms with Crippen molar-refractivity contribution < 1.29 is 9.52 Å². The van der Waals surface area contributed by atoms with Gasteiger partial charge in [-0.05, 0) is 5.92 Å². The zero-order valence-electron chi connectivity index (χ0n) is 10.2. The van der Waals surface area contributed by atoms with E-state index in [1.165, 1.54) is 11.3 Å². The molecule has 0 aliphatic heterocycles. The standard InChI is InChI=1S/C9H14N2O3.C2H6/c1-6(2)3-11(10)7-4-14-5-8(12)9(7)13;1-2/h4-6,12H,3,10H2,1-2H3;1-2H3. The second-order valence-electron chi connectivity index (χ2n) is 3.52. The fourth-order valence-electron chi connectivity index (χ4n) is 1.09. The van der Waals surface area contributed by atoms with E-state index in [-0.39, 0.29) is 5.69 Å². The summed E-state index contributed by atoms with van der Waals surface area (Å²) in [4.78, 5) is 11.4. The minimum absolute atomic E-state index is 0.165. The summed E-state index contributed by atoms with van der Waals surface area (Å²) >= 11 is 0. The van der Waals surface area contributed by atoms with Crippen molar-refractivity contribution in [2.24, 2.45) is 11.8 Å². The van der Waals surface area contributed by atoms with Crippen molar-refractivity contribution in [3.05, 3.63) is 22.7 Å². The van der Waals surface area contributed by atoms with Crippen molar-refractivity contribution in [2.75, 3.05) is 11.6 Å². The molecule has 1 rings (SSSR count). The summed E-state index contributed by atoms with van der Waals surface area (Å²) in [5, 5.41) is 10.4. The van der Waals surface area contributed by atoms with Gasteiger partial charge in [0.15, 0.2) is 0 Å². The molecule has 0 spiro atoms. The second kappa shape index (κ2) is 6.90. The minimum atomic E-state index is -0.514. The SMILES string of the molecule is CC.CC(C)CN(N)c1cocc(O)c1=O. The van der Waals surface area contributed by atoms with Crippen molar-refractivity contribution in [3.63, 3.8) is 0 Å². The van der Waals surface area contributed by atoms with Crippen LogP contribution in [0.3, 0.4) is 0 Å². The Bertz CT molecular complexity index is 360. The fourth-order valence-corrected chi connectivity index (χ4v) is 1.09. The molecule has 0 bridgehead atoms. The van der Waals surface area contributed by atoms with Gasteiger partial charge in [-0.15, -0.1) is 0 Å². The number of nitrogens with two attached hydrogens (primary N) is 1. The predicted molar refractivity (Wildman–Crippen MR) is 64.4 cm³/mol. The highest BCUT2D eigenvalue weighted by Gasteiger charge is 2.11. The number of aromatic hydroxyl groups is 1. The molecule has 0 aliphatic carbocycles. The minimum Gasteiger partial charge on any atom is -0.502 e. The summed E-state index contributed by atoms with van der Waals surface area (Å²) < 4.78 is 4.75. The molecule has 0 radical (unpaired) electrons. The van der Waals surface area contributed by atoms with Crippen LogP contribution < -0.4 is 16.3 Å². The highest BCUT2D eigenvalue weighted by molar-refractivity contribution is 5.44. The number of rotatable bonds is 3. The molecular formula is C11H20N2O3. The van der Waals surface area contributed by atoms with Gasteiger partial charge in [-0.3, -0.25) is 4.79 Å². The van der Waals surface area contributed by atoms with Crippen LogP contribution >= 0.6 is 0 Å². The molecule has 1 heterocycles. The Labute approximate surface area is 95.5 Å². The van der Waals surface area contributed by atoms with Crippen LogP contribution in [0.25, 0.3) is 0 Å². The van der Waals surface area contributed by atoms with Crippen molar-refractivity contribution in [1.82, 2.24) is 0 Å². The van der Waals surface area contributed by atoms with Crippen LogP contribution in [0, 0.1) is 5.92 Å². The lowest BCUT2D eigenvalue weighted by Gasteiger charge is -2.19. The molecule has 0 fully saturated rings. The molecule has 1 aromatic heterocycles. The Morgan fingerprint density at radius 2 is 2.00 bits per heavy atom. The van der Waals surface area contributed by atoms with Gasteiger partial charge in [0.2, 0.25) is 5.75 Å². The molecule has 92 valence electrons. The predicted octanol–water partition coefficient (Wildman–Crippen LogP) is 1.71. The third kappa shape index (κ3) is 3.94. The summed E-state index contributed by atoms with van der Waals surface area (Å²) in [6.45, 7) is 8.47. The molecular weight excluding hydrogens is 208 g/mol. The lowest BCUT2D eigenvalue weighted by molar-refractivity contribution is 0.428. The van der Waals surface area contributed by atoms with E-state index in [0.29, 0.717) is 12.5 Å². The van der Waals surface area contributed by atoms with Crippen LogP contribution in [0.4, 0.5) is 5.69 Å². The molecule has 0 atom stereocenters. The van der Waals surface area contributed by atoms with Gasteiger partial charge >= 0.3 is 0 Å². The van der Waals surface area contributed by atoms with Crippen LogP contribution in [0.5, 0.6) is 5.75 Å². The summed E-state index contributed by atoms with van der Waals surface area (Å²) in [5.41, 5.74) is -0.349. The van der Waals surface area contributed by atoms with Gasteiger partial charge in [0.25, 0.3) is 5.43 Å². The van der Waals surface area contributed by atoms with Gasteiger partial charge in [0.1, 0.15) is 18.2 Å². The van der Waals surface area contributed by atoms with E-state index in [1.807, 2.05) is 27.7 Å². The number of hydrazine groups is 1. The van der Waals surface area contributed by atoms with Crippen LogP contribution in [0.1, 0.15) is 27.7 Å². The van der Waals surface area contributed by atoms with E-state index in [0.717, 1.165) is 6.26 Å². The van der Waals surface area contributed by atoms with E-state index in [2.05, 4.69) is 0 Å².